The van der Waals surface area contributed by atoms with Gasteiger partial charge in [0.15, 0.2) is 0 Å². The van der Waals surface area contributed by atoms with Crippen molar-refractivity contribution in [2.75, 3.05) is 26.3 Å². The highest BCUT2D eigenvalue weighted by atomic mass is 16.5. The van der Waals surface area contributed by atoms with Gasteiger partial charge in [-0.15, -0.1) is 0 Å². The number of carbonyl (C=O) groups excluding carboxylic acids is 1. The SMILES string of the molecule is CCCOCCC(=O)N1C[C@H]2CCC(N)C[C@H]2C1. The van der Waals surface area contributed by atoms with Crippen molar-refractivity contribution in [3.05, 3.63) is 0 Å². The van der Waals surface area contributed by atoms with Gasteiger partial charge in [-0.3, -0.25) is 4.79 Å². The molecule has 2 fully saturated rings. The highest BCUT2D eigenvalue weighted by Gasteiger charge is 2.38. The molecule has 0 radical (unpaired) electrons. The van der Waals surface area contributed by atoms with E-state index in [1.807, 2.05) is 4.90 Å². The highest BCUT2D eigenvalue weighted by Crippen LogP contribution is 2.35. The Morgan fingerprint density at radius 1 is 1.28 bits per heavy atom. The lowest BCUT2D eigenvalue weighted by molar-refractivity contribution is -0.131. The van der Waals surface area contributed by atoms with E-state index in [9.17, 15) is 4.79 Å². The van der Waals surface area contributed by atoms with E-state index in [0.717, 1.165) is 39.0 Å². The molecule has 4 heteroatoms. The molecule has 2 rings (SSSR count). The molecule has 1 unspecified atom stereocenters. The summed E-state index contributed by atoms with van der Waals surface area (Å²) in [4.78, 5) is 14.1. The predicted octanol–water partition coefficient (Wildman–Crippen LogP) is 1.39. The van der Waals surface area contributed by atoms with Crippen LogP contribution in [0, 0.1) is 11.8 Å². The number of rotatable bonds is 5. The lowest BCUT2D eigenvalue weighted by atomic mass is 9.79. The third kappa shape index (κ3) is 3.45. The summed E-state index contributed by atoms with van der Waals surface area (Å²) in [6, 6.07) is 0.356. The van der Waals surface area contributed by atoms with Crippen LogP contribution >= 0.6 is 0 Å². The van der Waals surface area contributed by atoms with Gasteiger partial charge in [0.25, 0.3) is 0 Å². The van der Waals surface area contributed by atoms with Gasteiger partial charge in [0, 0.05) is 25.7 Å². The van der Waals surface area contributed by atoms with Gasteiger partial charge in [0.1, 0.15) is 0 Å². The molecule has 1 aliphatic carbocycles. The van der Waals surface area contributed by atoms with Crippen LogP contribution in [-0.4, -0.2) is 43.2 Å². The Hall–Kier alpha value is -0.610. The fourth-order valence-corrected chi connectivity index (χ4v) is 3.24. The zero-order chi connectivity index (χ0) is 13.0. The molecule has 2 N–H and O–H groups in total. The first-order valence-electron chi connectivity index (χ1n) is 7.31. The van der Waals surface area contributed by atoms with Crippen molar-refractivity contribution in [1.29, 1.82) is 0 Å². The summed E-state index contributed by atoms with van der Waals surface area (Å²) in [7, 11) is 0. The number of nitrogens with two attached hydrogens (primary N) is 1. The van der Waals surface area contributed by atoms with Crippen molar-refractivity contribution in [3.63, 3.8) is 0 Å². The Labute approximate surface area is 110 Å². The minimum atomic E-state index is 0.258. The van der Waals surface area contributed by atoms with Gasteiger partial charge >= 0.3 is 0 Å². The summed E-state index contributed by atoms with van der Waals surface area (Å²) < 4.78 is 5.38. The maximum Gasteiger partial charge on any atom is 0.224 e. The first-order valence-corrected chi connectivity index (χ1v) is 7.31. The van der Waals surface area contributed by atoms with Gasteiger partial charge in [-0.05, 0) is 37.5 Å². The molecule has 1 aliphatic heterocycles. The van der Waals surface area contributed by atoms with Gasteiger partial charge in [-0.1, -0.05) is 6.92 Å². The molecule has 1 amide bonds. The Bertz CT molecular complexity index is 283. The summed E-state index contributed by atoms with van der Waals surface area (Å²) in [5.74, 6) is 1.61. The van der Waals surface area contributed by atoms with E-state index in [1.165, 1.54) is 6.42 Å². The van der Waals surface area contributed by atoms with E-state index in [0.29, 0.717) is 30.9 Å². The second-order valence-corrected chi connectivity index (χ2v) is 5.75. The van der Waals surface area contributed by atoms with Crippen molar-refractivity contribution in [2.45, 2.75) is 45.1 Å². The molecular formula is C14H26N2O2. The Balaban J connectivity index is 1.72. The van der Waals surface area contributed by atoms with Gasteiger partial charge in [-0.2, -0.15) is 0 Å². The molecule has 18 heavy (non-hydrogen) atoms. The van der Waals surface area contributed by atoms with E-state index in [4.69, 9.17) is 10.5 Å². The number of hydrogen-bond acceptors (Lipinski definition) is 3. The Kier molecular flexibility index (Phi) is 5.01. The summed E-state index contributed by atoms with van der Waals surface area (Å²) in [6.45, 7) is 5.27. The molecule has 3 atom stereocenters. The average Bonchev–Trinajstić information content (AvgIpc) is 2.77. The Morgan fingerprint density at radius 2 is 2.06 bits per heavy atom. The van der Waals surface area contributed by atoms with Crippen molar-refractivity contribution in [3.8, 4) is 0 Å². The van der Waals surface area contributed by atoms with Crippen LogP contribution < -0.4 is 5.73 Å². The summed E-state index contributed by atoms with van der Waals surface area (Å²) in [6.07, 6.45) is 4.97. The maximum atomic E-state index is 12.0. The molecule has 0 aromatic rings. The third-order valence-corrected chi connectivity index (χ3v) is 4.25. The normalized spacial score (nSPS) is 31.4. The van der Waals surface area contributed by atoms with Crippen molar-refractivity contribution in [2.24, 2.45) is 17.6 Å². The predicted molar refractivity (Wildman–Crippen MR) is 71.1 cm³/mol. The van der Waals surface area contributed by atoms with Gasteiger partial charge in [0.2, 0.25) is 5.91 Å². The minimum absolute atomic E-state index is 0.258. The van der Waals surface area contributed by atoms with Crippen molar-refractivity contribution >= 4 is 5.91 Å². The number of hydrogen-bond donors (Lipinski definition) is 1. The van der Waals surface area contributed by atoms with E-state index < -0.39 is 0 Å². The number of likely N-dealkylation sites (tertiary alicyclic amines) is 1. The van der Waals surface area contributed by atoms with Crippen LogP contribution in [0.5, 0.6) is 0 Å². The molecule has 0 bridgehead atoms. The van der Waals surface area contributed by atoms with Crippen LogP contribution in [0.25, 0.3) is 0 Å². The molecule has 1 saturated carbocycles. The topological polar surface area (TPSA) is 55.6 Å². The zero-order valence-electron chi connectivity index (χ0n) is 11.4. The number of amides is 1. The van der Waals surface area contributed by atoms with Crippen LogP contribution in [0.3, 0.4) is 0 Å². The largest absolute Gasteiger partial charge is 0.381 e. The van der Waals surface area contributed by atoms with Crippen LogP contribution in [0.15, 0.2) is 0 Å². The fraction of sp³-hybridized carbons (Fsp3) is 0.929. The van der Waals surface area contributed by atoms with Crippen LogP contribution in [0.2, 0.25) is 0 Å². The average molecular weight is 254 g/mol. The van der Waals surface area contributed by atoms with Crippen LogP contribution in [0.4, 0.5) is 0 Å². The molecule has 0 aromatic heterocycles. The summed E-state index contributed by atoms with van der Waals surface area (Å²) in [5.41, 5.74) is 6.00. The van der Waals surface area contributed by atoms with E-state index in [2.05, 4.69) is 6.92 Å². The number of nitrogens with zero attached hydrogens (tertiary/aromatic N) is 1. The smallest absolute Gasteiger partial charge is 0.224 e. The molecule has 0 aromatic carbocycles. The number of fused-ring (bicyclic) bond motifs is 1. The molecule has 2 aliphatic rings. The van der Waals surface area contributed by atoms with E-state index in [-0.39, 0.29) is 5.91 Å². The third-order valence-electron chi connectivity index (χ3n) is 4.25. The molecule has 1 heterocycles. The van der Waals surface area contributed by atoms with E-state index >= 15 is 0 Å². The summed E-state index contributed by atoms with van der Waals surface area (Å²) in [5, 5.41) is 0. The lowest BCUT2D eigenvalue weighted by Crippen LogP contribution is -2.32. The minimum Gasteiger partial charge on any atom is -0.381 e. The molecule has 104 valence electrons. The van der Waals surface area contributed by atoms with Gasteiger partial charge in [-0.25, -0.2) is 0 Å². The standard InChI is InChI=1S/C14H26N2O2/c1-2-6-18-7-5-14(17)16-9-11-3-4-13(15)8-12(11)10-16/h11-13H,2-10,15H2,1H3/t11-,12+,13?/m1/s1. The van der Waals surface area contributed by atoms with E-state index in [1.54, 1.807) is 0 Å². The maximum absolute atomic E-state index is 12.0. The van der Waals surface area contributed by atoms with Crippen molar-refractivity contribution in [1.82, 2.24) is 4.90 Å². The second kappa shape index (κ2) is 6.53. The van der Waals surface area contributed by atoms with Crippen LogP contribution in [0.1, 0.15) is 39.0 Å². The lowest BCUT2D eigenvalue weighted by Gasteiger charge is -2.27. The molecule has 1 saturated heterocycles. The molecule has 0 spiro atoms. The molecular weight excluding hydrogens is 228 g/mol. The number of ether oxygens (including phenoxy) is 1. The molecule has 4 nitrogen and oxygen atoms in total. The monoisotopic (exact) mass is 254 g/mol. The zero-order valence-corrected chi connectivity index (χ0v) is 11.4. The Morgan fingerprint density at radius 3 is 2.83 bits per heavy atom. The highest BCUT2D eigenvalue weighted by molar-refractivity contribution is 5.76. The fourth-order valence-electron chi connectivity index (χ4n) is 3.24. The van der Waals surface area contributed by atoms with Gasteiger partial charge < -0.3 is 15.4 Å². The van der Waals surface area contributed by atoms with Crippen LogP contribution in [-0.2, 0) is 9.53 Å². The quantitative estimate of drug-likeness (QED) is 0.754. The first-order chi connectivity index (χ1) is 8.70. The number of carbonyl (C=O) groups is 1. The first kappa shape index (κ1) is 13.8. The van der Waals surface area contributed by atoms with Gasteiger partial charge in [0.05, 0.1) is 13.0 Å². The summed E-state index contributed by atoms with van der Waals surface area (Å²) >= 11 is 0. The van der Waals surface area contributed by atoms with Crippen molar-refractivity contribution < 1.29 is 9.53 Å². The second-order valence-electron chi connectivity index (χ2n) is 5.75.